The third-order valence-corrected chi connectivity index (χ3v) is 3.92. The Kier molecular flexibility index (Phi) is 4.65. The number of hydrogen-bond donors (Lipinski definition) is 1. The maximum atomic E-state index is 9.59. The number of halogens is 1. The van der Waals surface area contributed by atoms with Crippen LogP contribution < -0.4 is 4.90 Å². The molecule has 4 heteroatoms. The van der Waals surface area contributed by atoms with Gasteiger partial charge in [-0.05, 0) is 53.4 Å². The lowest BCUT2D eigenvalue weighted by Gasteiger charge is -2.26. The summed E-state index contributed by atoms with van der Waals surface area (Å²) >= 11 is 3.61. The maximum absolute atomic E-state index is 9.59. The molecule has 0 amide bonds. The molecule has 1 saturated carbocycles. The summed E-state index contributed by atoms with van der Waals surface area (Å²) in [5.74, 6) is 0. The second-order valence-corrected chi connectivity index (χ2v) is 5.66. The van der Waals surface area contributed by atoms with E-state index < -0.39 is 6.10 Å². The van der Waals surface area contributed by atoms with Gasteiger partial charge in [-0.25, -0.2) is 0 Å². The molecule has 0 aromatic heterocycles. The summed E-state index contributed by atoms with van der Waals surface area (Å²) < 4.78 is 6.22. The van der Waals surface area contributed by atoms with Crippen LogP contribution in [0.25, 0.3) is 0 Å². The SMILES string of the molecule is COCCN(c1ccc([C@@H](C)O)cc1Br)C1CC1. The summed E-state index contributed by atoms with van der Waals surface area (Å²) in [6.45, 7) is 3.43. The summed E-state index contributed by atoms with van der Waals surface area (Å²) in [6, 6.07) is 6.73. The van der Waals surface area contributed by atoms with Crippen molar-refractivity contribution in [2.75, 3.05) is 25.2 Å². The molecule has 1 fully saturated rings. The maximum Gasteiger partial charge on any atom is 0.0762 e. The molecule has 0 saturated heterocycles. The zero-order valence-electron chi connectivity index (χ0n) is 10.9. The second-order valence-electron chi connectivity index (χ2n) is 4.80. The third-order valence-electron chi connectivity index (χ3n) is 3.29. The van der Waals surface area contributed by atoms with E-state index in [9.17, 15) is 5.11 Å². The summed E-state index contributed by atoms with van der Waals surface area (Å²) in [6.07, 6.45) is 2.09. The number of benzene rings is 1. The molecule has 1 aromatic rings. The molecule has 0 unspecified atom stereocenters. The Morgan fingerprint density at radius 2 is 2.22 bits per heavy atom. The van der Waals surface area contributed by atoms with Crippen LogP contribution in [-0.2, 0) is 4.74 Å². The fourth-order valence-electron chi connectivity index (χ4n) is 2.09. The molecule has 1 aliphatic rings. The Bertz CT molecular complexity index is 405. The van der Waals surface area contributed by atoms with E-state index in [-0.39, 0.29) is 0 Å². The van der Waals surface area contributed by atoms with Gasteiger partial charge in [-0.15, -0.1) is 0 Å². The summed E-state index contributed by atoms with van der Waals surface area (Å²) in [5, 5.41) is 9.59. The monoisotopic (exact) mass is 313 g/mol. The largest absolute Gasteiger partial charge is 0.389 e. The van der Waals surface area contributed by atoms with E-state index in [0.717, 1.165) is 23.2 Å². The first-order valence-electron chi connectivity index (χ1n) is 6.36. The van der Waals surface area contributed by atoms with Crippen molar-refractivity contribution in [3.8, 4) is 0 Å². The standard InChI is InChI=1S/C14H20BrNO2/c1-10(17)11-3-6-14(13(15)9-11)16(7-8-18-2)12-4-5-12/h3,6,9-10,12,17H,4-5,7-8H2,1-2H3/t10-/m1/s1. The molecule has 0 aliphatic heterocycles. The van der Waals surface area contributed by atoms with Gasteiger partial charge >= 0.3 is 0 Å². The lowest BCUT2D eigenvalue weighted by molar-refractivity contribution is 0.199. The van der Waals surface area contributed by atoms with Crippen LogP contribution in [0.3, 0.4) is 0 Å². The number of nitrogens with zero attached hydrogens (tertiary/aromatic N) is 1. The molecule has 1 atom stereocenters. The number of hydrogen-bond acceptors (Lipinski definition) is 3. The van der Waals surface area contributed by atoms with Crippen LogP contribution in [0.2, 0.25) is 0 Å². The first-order valence-corrected chi connectivity index (χ1v) is 7.16. The fraction of sp³-hybridized carbons (Fsp3) is 0.571. The number of rotatable bonds is 6. The van der Waals surface area contributed by atoms with Gasteiger partial charge in [0.2, 0.25) is 0 Å². The third kappa shape index (κ3) is 3.25. The van der Waals surface area contributed by atoms with Gasteiger partial charge in [0, 0.05) is 24.2 Å². The number of aliphatic hydroxyl groups excluding tert-OH is 1. The van der Waals surface area contributed by atoms with Crippen LogP contribution in [0.4, 0.5) is 5.69 Å². The molecule has 3 nitrogen and oxygen atoms in total. The topological polar surface area (TPSA) is 32.7 Å². The summed E-state index contributed by atoms with van der Waals surface area (Å²) in [5.41, 5.74) is 2.13. The molecule has 0 bridgehead atoms. The number of methoxy groups -OCH3 is 1. The van der Waals surface area contributed by atoms with Gasteiger partial charge < -0.3 is 14.7 Å². The van der Waals surface area contributed by atoms with Gasteiger partial charge in [0.15, 0.2) is 0 Å². The molecule has 0 heterocycles. The van der Waals surface area contributed by atoms with Gasteiger partial charge in [0.05, 0.1) is 18.4 Å². The Hall–Kier alpha value is -0.580. The van der Waals surface area contributed by atoms with Crippen LogP contribution in [0.15, 0.2) is 22.7 Å². The van der Waals surface area contributed by atoms with Crippen LogP contribution in [0, 0.1) is 0 Å². The van der Waals surface area contributed by atoms with E-state index in [1.807, 2.05) is 12.1 Å². The molecule has 1 aromatic carbocycles. The minimum atomic E-state index is -0.427. The highest BCUT2D eigenvalue weighted by Crippen LogP contribution is 2.36. The Morgan fingerprint density at radius 1 is 1.50 bits per heavy atom. The molecule has 0 radical (unpaired) electrons. The Morgan fingerprint density at radius 3 is 2.72 bits per heavy atom. The van der Waals surface area contributed by atoms with E-state index in [1.165, 1.54) is 18.5 Å². The van der Waals surface area contributed by atoms with Crippen LogP contribution >= 0.6 is 15.9 Å². The number of ether oxygens (including phenoxy) is 1. The summed E-state index contributed by atoms with van der Waals surface area (Å²) in [4.78, 5) is 2.39. The summed E-state index contributed by atoms with van der Waals surface area (Å²) in [7, 11) is 1.73. The van der Waals surface area contributed by atoms with Crippen molar-refractivity contribution >= 4 is 21.6 Å². The Balaban J connectivity index is 2.19. The lowest BCUT2D eigenvalue weighted by Crippen LogP contribution is -2.29. The zero-order chi connectivity index (χ0) is 13.1. The van der Waals surface area contributed by atoms with E-state index in [1.54, 1.807) is 14.0 Å². The molecular formula is C14H20BrNO2. The predicted molar refractivity (Wildman–Crippen MR) is 77.0 cm³/mol. The highest BCUT2D eigenvalue weighted by molar-refractivity contribution is 9.10. The van der Waals surface area contributed by atoms with Crippen molar-refractivity contribution in [2.45, 2.75) is 31.9 Å². The normalized spacial score (nSPS) is 16.7. The van der Waals surface area contributed by atoms with E-state index in [4.69, 9.17) is 4.74 Å². The van der Waals surface area contributed by atoms with Crippen LogP contribution in [-0.4, -0.2) is 31.4 Å². The smallest absolute Gasteiger partial charge is 0.0762 e. The van der Waals surface area contributed by atoms with Crippen molar-refractivity contribution in [3.05, 3.63) is 28.2 Å². The molecule has 100 valence electrons. The van der Waals surface area contributed by atoms with Gasteiger partial charge in [-0.3, -0.25) is 0 Å². The predicted octanol–water partition coefficient (Wildman–Crippen LogP) is 3.12. The minimum absolute atomic E-state index is 0.427. The molecular weight excluding hydrogens is 294 g/mol. The van der Waals surface area contributed by atoms with Crippen molar-refractivity contribution in [1.82, 2.24) is 0 Å². The second kappa shape index (κ2) is 6.04. The van der Waals surface area contributed by atoms with E-state index in [2.05, 4.69) is 26.9 Å². The molecule has 1 aliphatic carbocycles. The first-order chi connectivity index (χ1) is 8.63. The van der Waals surface area contributed by atoms with E-state index >= 15 is 0 Å². The van der Waals surface area contributed by atoms with Crippen molar-refractivity contribution in [1.29, 1.82) is 0 Å². The highest BCUT2D eigenvalue weighted by Gasteiger charge is 2.30. The van der Waals surface area contributed by atoms with Crippen molar-refractivity contribution in [3.63, 3.8) is 0 Å². The molecule has 1 N–H and O–H groups in total. The van der Waals surface area contributed by atoms with Gasteiger partial charge in [-0.2, -0.15) is 0 Å². The van der Waals surface area contributed by atoms with Crippen LogP contribution in [0.5, 0.6) is 0 Å². The zero-order valence-corrected chi connectivity index (χ0v) is 12.5. The van der Waals surface area contributed by atoms with Crippen LogP contribution in [0.1, 0.15) is 31.4 Å². The minimum Gasteiger partial charge on any atom is -0.389 e. The number of anilines is 1. The number of aliphatic hydroxyl groups is 1. The van der Waals surface area contributed by atoms with Gasteiger partial charge in [0.25, 0.3) is 0 Å². The van der Waals surface area contributed by atoms with Crippen molar-refractivity contribution in [2.24, 2.45) is 0 Å². The highest BCUT2D eigenvalue weighted by atomic mass is 79.9. The van der Waals surface area contributed by atoms with Crippen molar-refractivity contribution < 1.29 is 9.84 Å². The molecule has 2 rings (SSSR count). The average molecular weight is 314 g/mol. The first kappa shape index (κ1) is 13.8. The molecule has 0 spiro atoms. The van der Waals surface area contributed by atoms with Gasteiger partial charge in [0.1, 0.15) is 0 Å². The molecule has 18 heavy (non-hydrogen) atoms. The average Bonchev–Trinajstić information content (AvgIpc) is 3.15. The Labute approximate surface area is 117 Å². The lowest BCUT2D eigenvalue weighted by atomic mass is 10.1. The van der Waals surface area contributed by atoms with E-state index in [0.29, 0.717) is 6.04 Å². The fourth-order valence-corrected chi connectivity index (χ4v) is 2.72. The van der Waals surface area contributed by atoms with Gasteiger partial charge in [-0.1, -0.05) is 6.07 Å². The quantitative estimate of drug-likeness (QED) is 0.876.